The van der Waals surface area contributed by atoms with Crippen molar-refractivity contribution in [3.05, 3.63) is 41.2 Å². The van der Waals surface area contributed by atoms with E-state index in [0.717, 1.165) is 36.4 Å². The Morgan fingerprint density at radius 1 is 1.33 bits per heavy atom. The molecular weight excluding hydrogens is 324 g/mol. The van der Waals surface area contributed by atoms with Gasteiger partial charge in [-0.1, -0.05) is 11.6 Å². The Morgan fingerprint density at radius 3 is 2.83 bits per heavy atom. The Kier molecular flexibility index (Phi) is 3.96. The van der Waals surface area contributed by atoms with Gasteiger partial charge in [0.15, 0.2) is 0 Å². The molecule has 1 amide bonds. The second-order valence-corrected chi connectivity index (χ2v) is 7.18. The summed E-state index contributed by atoms with van der Waals surface area (Å²) >= 11 is 6.15. The summed E-state index contributed by atoms with van der Waals surface area (Å²) in [4.78, 5) is 15.0. The number of hydrogen-bond donors (Lipinski definition) is 1. The normalized spacial score (nSPS) is 22.7. The quantitative estimate of drug-likeness (QED) is 0.924. The molecule has 4 rings (SSSR count). The lowest BCUT2D eigenvalue weighted by Crippen LogP contribution is -2.22. The average Bonchev–Trinajstić information content (AvgIpc) is 2.95. The van der Waals surface area contributed by atoms with Crippen LogP contribution in [0.4, 0.5) is 11.4 Å². The molecule has 1 aliphatic heterocycles. The maximum Gasteiger partial charge on any atom is 0.228 e. The SMILES string of the molecule is Cn1cc(C2CC2C(=O)Nc2cc(Cl)ccc2N2CCCC2)cn1. The van der Waals surface area contributed by atoms with Crippen LogP contribution in [0.5, 0.6) is 0 Å². The molecule has 2 unspecified atom stereocenters. The van der Waals surface area contributed by atoms with Gasteiger partial charge < -0.3 is 10.2 Å². The molecule has 1 aromatic carbocycles. The summed E-state index contributed by atoms with van der Waals surface area (Å²) in [6, 6.07) is 5.75. The third kappa shape index (κ3) is 3.00. The van der Waals surface area contributed by atoms with Crippen molar-refractivity contribution in [3.8, 4) is 0 Å². The van der Waals surface area contributed by atoms with Crippen LogP contribution in [0.3, 0.4) is 0 Å². The minimum atomic E-state index is 0.0274. The standard InChI is InChI=1S/C18H21ClN4O/c1-22-11-12(10-20-22)14-9-15(14)18(24)21-16-8-13(19)4-5-17(16)23-6-2-3-7-23/h4-5,8,10-11,14-15H,2-3,6-7,9H2,1H3,(H,21,24). The molecule has 0 radical (unpaired) electrons. The number of halogens is 1. The number of carbonyl (C=O) groups is 1. The molecule has 126 valence electrons. The van der Waals surface area contributed by atoms with E-state index in [1.54, 1.807) is 4.68 Å². The fourth-order valence-electron chi connectivity index (χ4n) is 3.55. The zero-order chi connectivity index (χ0) is 16.7. The Morgan fingerprint density at radius 2 is 2.12 bits per heavy atom. The lowest BCUT2D eigenvalue weighted by atomic mass is 10.2. The largest absolute Gasteiger partial charge is 0.370 e. The molecule has 1 aromatic heterocycles. The predicted octanol–water partition coefficient (Wildman–Crippen LogP) is 3.42. The number of benzene rings is 1. The molecule has 1 saturated heterocycles. The zero-order valence-corrected chi connectivity index (χ0v) is 14.5. The van der Waals surface area contributed by atoms with Crippen LogP contribution < -0.4 is 10.2 Å². The average molecular weight is 345 g/mol. The molecule has 1 aliphatic carbocycles. The maximum absolute atomic E-state index is 12.6. The number of carbonyl (C=O) groups excluding carboxylic acids is 1. The van der Waals surface area contributed by atoms with E-state index in [0.29, 0.717) is 5.02 Å². The Labute approximate surface area is 146 Å². The first-order chi connectivity index (χ1) is 11.6. The van der Waals surface area contributed by atoms with Gasteiger partial charge in [0, 0.05) is 37.3 Å². The number of hydrogen-bond acceptors (Lipinski definition) is 3. The molecule has 5 nitrogen and oxygen atoms in total. The second-order valence-electron chi connectivity index (χ2n) is 6.74. The van der Waals surface area contributed by atoms with Crippen LogP contribution in [0.2, 0.25) is 5.02 Å². The summed E-state index contributed by atoms with van der Waals surface area (Å²) < 4.78 is 1.78. The number of anilines is 2. The van der Waals surface area contributed by atoms with E-state index < -0.39 is 0 Å². The second kappa shape index (κ2) is 6.13. The van der Waals surface area contributed by atoms with Crippen LogP contribution in [0.25, 0.3) is 0 Å². The molecule has 2 heterocycles. The highest BCUT2D eigenvalue weighted by Gasteiger charge is 2.44. The van der Waals surface area contributed by atoms with E-state index in [-0.39, 0.29) is 17.7 Å². The number of nitrogens with one attached hydrogen (secondary N) is 1. The molecule has 1 N–H and O–H groups in total. The lowest BCUT2D eigenvalue weighted by molar-refractivity contribution is -0.117. The van der Waals surface area contributed by atoms with Crippen molar-refractivity contribution in [2.24, 2.45) is 13.0 Å². The summed E-state index contributed by atoms with van der Waals surface area (Å²) in [6.07, 6.45) is 7.13. The van der Waals surface area contributed by atoms with Gasteiger partial charge in [-0.15, -0.1) is 0 Å². The minimum Gasteiger partial charge on any atom is -0.370 e. The van der Waals surface area contributed by atoms with Crippen molar-refractivity contribution >= 4 is 28.9 Å². The Balaban J connectivity index is 1.49. The fraction of sp³-hybridized carbons (Fsp3) is 0.444. The molecular formula is C18H21ClN4O. The van der Waals surface area contributed by atoms with Crippen molar-refractivity contribution in [2.45, 2.75) is 25.2 Å². The summed E-state index contributed by atoms with van der Waals surface area (Å²) in [7, 11) is 1.90. The van der Waals surface area contributed by atoms with Crippen LogP contribution >= 0.6 is 11.6 Å². The highest BCUT2D eigenvalue weighted by Crippen LogP contribution is 2.48. The summed E-state index contributed by atoms with van der Waals surface area (Å²) in [6.45, 7) is 2.07. The molecule has 0 bridgehead atoms. The Bertz CT molecular complexity index is 766. The van der Waals surface area contributed by atoms with E-state index in [1.807, 2.05) is 37.6 Å². The molecule has 2 atom stereocenters. The lowest BCUT2D eigenvalue weighted by Gasteiger charge is -2.22. The third-order valence-electron chi connectivity index (χ3n) is 4.94. The number of nitrogens with zero attached hydrogens (tertiary/aromatic N) is 3. The number of aromatic nitrogens is 2. The van der Waals surface area contributed by atoms with Crippen molar-refractivity contribution in [1.29, 1.82) is 0 Å². The zero-order valence-electron chi connectivity index (χ0n) is 13.7. The summed E-state index contributed by atoms with van der Waals surface area (Å²) in [5.74, 6) is 0.388. The molecule has 24 heavy (non-hydrogen) atoms. The molecule has 2 fully saturated rings. The smallest absolute Gasteiger partial charge is 0.228 e. The van der Waals surface area contributed by atoms with Crippen LogP contribution in [0.1, 0.15) is 30.7 Å². The van der Waals surface area contributed by atoms with Crippen LogP contribution in [-0.4, -0.2) is 28.8 Å². The van der Waals surface area contributed by atoms with Gasteiger partial charge in [-0.2, -0.15) is 5.10 Å². The Hall–Kier alpha value is -2.01. The fourth-order valence-corrected chi connectivity index (χ4v) is 3.72. The molecule has 2 aromatic rings. The van der Waals surface area contributed by atoms with Crippen molar-refractivity contribution in [2.75, 3.05) is 23.3 Å². The first-order valence-electron chi connectivity index (χ1n) is 8.46. The third-order valence-corrected chi connectivity index (χ3v) is 5.18. The molecule has 0 spiro atoms. The van der Waals surface area contributed by atoms with Crippen molar-refractivity contribution < 1.29 is 4.79 Å². The van der Waals surface area contributed by atoms with E-state index in [4.69, 9.17) is 11.6 Å². The number of rotatable bonds is 4. The van der Waals surface area contributed by atoms with E-state index >= 15 is 0 Å². The summed E-state index contributed by atoms with van der Waals surface area (Å²) in [5.41, 5.74) is 3.04. The van der Waals surface area contributed by atoms with Gasteiger partial charge in [0.05, 0.1) is 17.6 Å². The van der Waals surface area contributed by atoms with Crippen LogP contribution in [0.15, 0.2) is 30.6 Å². The summed E-state index contributed by atoms with van der Waals surface area (Å²) in [5, 5.41) is 7.95. The molecule has 2 aliphatic rings. The minimum absolute atomic E-state index is 0.0274. The van der Waals surface area contributed by atoms with Gasteiger partial charge in [-0.25, -0.2) is 0 Å². The van der Waals surface area contributed by atoms with Gasteiger partial charge in [0.2, 0.25) is 5.91 Å². The molecule has 1 saturated carbocycles. The topological polar surface area (TPSA) is 50.2 Å². The van der Waals surface area contributed by atoms with E-state index in [9.17, 15) is 4.79 Å². The predicted molar refractivity (Wildman–Crippen MR) is 95.6 cm³/mol. The van der Waals surface area contributed by atoms with Gasteiger partial charge in [0.1, 0.15) is 0 Å². The van der Waals surface area contributed by atoms with Crippen molar-refractivity contribution in [3.63, 3.8) is 0 Å². The monoisotopic (exact) mass is 344 g/mol. The first kappa shape index (κ1) is 15.5. The highest BCUT2D eigenvalue weighted by atomic mass is 35.5. The van der Waals surface area contributed by atoms with Gasteiger partial charge in [0.25, 0.3) is 0 Å². The van der Waals surface area contributed by atoms with Gasteiger partial charge >= 0.3 is 0 Å². The van der Waals surface area contributed by atoms with Gasteiger partial charge in [-0.05, 0) is 48.9 Å². The van der Waals surface area contributed by atoms with Crippen LogP contribution in [-0.2, 0) is 11.8 Å². The van der Waals surface area contributed by atoms with E-state index in [2.05, 4.69) is 15.3 Å². The van der Waals surface area contributed by atoms with Crippen LogP contribution in [0, 0.1) is 5.92 Å². The van der Waals surface area contributed by atoms with Gasteiger partial charge in [-0.3, -0.25) is 9.48 Å². The first-order valence-corrected chi connectivity index (χ1v) is 8.83. The van der Waals surface area contributed by atoms with Crippen molar-refractivity contribution in [1.82, 2.24) is 9.78 Å². The number of aryl methyl sites for hydroxylation is 1. The maximum atomic E-state index is 12.6. The highest BCUT2D eigenvalue weighted by molar-refractivity contribution is 6.31. The number of amides is 1. The van der Waals surface area contributed by atoms with E-state index in [1.165, 1.54) is 12.8 Å². The molecule has 6 heteroatoms.